The van der Waals surface area contributed by atoms with Gasteiger partial charge in [0.25, 0.3) is 0 Å². The summed E-state index contributed by atoms with van der Waals surface area (Å²) in [7, 11) is 3.40. The van der Waals surface area contributed by atoms with E-state index in [1.54, 1.807) is 25.1 Å². The van der Waals surface area contributed by atoms with Crippen molar-refractivity contribution >= 4 is 36.0 Å². The number of nitrogens with zero attached hydrogens (tertiary/aromatic N) is 2. The summed E-state index contributed by atoms with van der Waals surface area (Å²) in [6, 6.07) is 6.43. The third-order valence-corrected chi connectivity index (χ3v) is 3.48. The standard InChI is InChI=1S/C19H31FN4O2.HI/c1-14(13-24(6)18(25)26-19(2,3)4)11-22-17(21-5)23-12-15-8-7-9-16(20)10-15;/h7-10,14H,11-13H2,1-6H3,(H2,21,22,23);1H. The first-order chi connectivity index (χ1) is 12.1. The zero-order valence-corrected chi connectivity index (χ0v) is 19.3. The minimum Gasteiger partial charge on any atom is -0.444 e. The number of aliphatic imine (C=N–C) groups is 1. The Bertz CT molecular complexity index is 620. The first-order valence-electron chi connectivity index (χ1n) is 8.74. The van der Waals surface area contributed by atoms with Gasteiger partial charge >= 0.3 is 6.09 Å². The highest BCUT2D eigenvalue weighted by molar-refractivity contribution is 14.0. The summed E-state index contributed by atoms with van der Waals surface area (Å²) in [6.07, 6.45) is -0.335. The molecule has 8 heteroatoms. The fraction of sp³-hybridized carbons (Fsp3) is 0.579. The zero-order valence-electron chi connectivity index (χ0n) is 17.0. The van der Waals surface area contributed by atoms with E-state index in [4.69, 9.17) is 4.74 Å². The van der Waals surface area contributed by atoms with Gasteiger partial charge in [0.2, 0.25) is 0 Å². The van der Waals surface area contributed by atoms with E-state index < -0.39 is 5.60 Å². The fourth-order valence-corrected chi connectivity index (χ4v) is 2.27. The highest BCUT2D eigenvalue weighted by atomic mass is 127. The molecule has 0 aliphatic rings. The molecule has 2 N–H and O–H groups in total. The second kappa shape index (κ2) is 12.0. The number of benzene rings is 1. The first kappa shape index (κ1) is 25.4. The van der Waals surface area contributed by atoms with Gasteiger partial charge in [0.15, 0.2) is 5.96 Å². The molecule has 6 nitrogen and oxygen atoms in total. The molecule has 0 fully saturated rings. The molecule has 0 heterocycles. The summed E-state index contributed by atoms with van der Waals surface area (Å²) in [4.78, 5) is 17.7. The van der Waals surface area contributed by atoms with Crippen molar-refractivity contribution in [1.82, 2.24) is 15.5 Å². The van der Waals surface area contributed by atoms with Crippen LogP contribution < -0.4 is 10.6 Å². The van der Waals surface area contributed by atoms with Crippen LogP contribution in [0.15, 0.2) is 29.3 Å². The Morgan fingerprint density at radius 3 is 2.56 bits per heavy atom. The Morgan fingerprint density at radius 1 is 1.33 bits per heavy atom. The van der Waals surface area contributed by atoms with Crippen LogP contribution in [-0.4, -0.2) is 49.7 Å². The molecule has 0 saturated carbocycles. The number of hydrogen-bond acceptors (Lipinski definition) is 3. The van der Waals surface area contributed by atoms with Gasteiger partial charge in [0, 0.05) is 33.7 Å². The number of halogens is 2. The Labute approximate surface area is 179 Å². The van der Waals surface area contributed by atoms with E-state index >= 15 is 0 Å². The molecule has 0 spiro atoms. The number of carbonyl (C=O) groups excluding carboxylic acids is 1. The van der Waals surface area contributed by atoms with Crippen molar-refractivity contribution in [2.24, 2.45) is 10.9 Å². The van der Waals surface area contributed by atoms with Gasteiger partial charge in [-0.25, -0.2) is 9.18 Å². The number of guanidine groups is 1. The summed E-state index contributed by atoms with van der Waals surface area (Å²) in [5.74, 6) is 0.562. The molecule has 0 aromatic heterocycles. The summed E-state index contributed by atoms with van der Waals surface area (Å²) < 4.78 is 18.5. The number of amides is 1. The minimum atomic E-state index is -0.504. The van der Waals surface area contributed by atoms with Crippen LogP contribution in [-0.2, 0) is 11.3 Å². The summed E-state index contributed by atoms with van der Waals surface area (Å²) in [5, 5.41) is 6.36. The third-order valence-electron chi connectivity index (χ3n) is 3.48. The normalized spacial score (nSPS) is 12.6. The molecule has 27 heavy (non-hydrogen) atoms. The maximum Gasteiger partial charge on any atom is 0.410 e. The highest BCUT2D eigenvalue weighted by Gasteiger charge is 2.20. The second-order valence-electron chi connectivity index (χ2n) is 7.40. The van der Waals surface area contributed by atoms with E-state index in [0.717, 1.165) is 5.56 Å². The predicted molar refractivity (Wildman–Crippen MR) is 118 cm³/mol. The highest BCUT2D eigenvalue weighted by Crippen LogP contribution is 2.10. The van der Waals surface area contributed by atoms with Crippen molar-refractivity contribution in [2.45, 2.75) is 39.8 Å². The molecule has 1 aromatic rings. The summed E-state index contributed by atoms with van der Waals surface area (Å²) >= 11 is 0. The van der Waals surface area contributed by atoms with E-state index in [2.05, 4.69) is 15.6 Å². The van der Waals surface area contributed by atoms with Gasteiger partial charge in [-0.2, -0.15) is 0 Å². The summed E-state index contributed by atoms with van der Waals surface area (Å²) in [5.41, 5.74) is 0.334. The van der Waals surface area contributed by atoms with Gasteiger partial charge in [-0.05, 0) is 44.4 Å². The number of ether oxygens (including phenoxy) is 1. The molecule has 0 bridgehead atoms. The average Bonchev–Trinajstić information content (AvgIpc) is 2.53. The number of carbonyl (C=O) groups is 1. The Kier molecular flexibility index (Phi) is 11.3. The SMILES string of the molecule is CN=C(NCc1cccc(F)c1)NCC(C)CN(C)C(=O)OC(C)(C)C.I. The van der Waals surface area contributed by atoms with Crippen molar-refractivity contribution < 1.29 is 13.9 Å². The fourth-order valence-electron chi connectivity index (χ4n) is 2.27. The van der Waals surface area contributed by atoms with Gasteiger partial charge in [0.05, 0.1) is 0 Å². The van der Waals surface area contributed by atoms with Crippen LogP contribution in [0.1, 0.15) is 33.3 Å². The van der Waals surface area contributed by atoms with Crippen molar-refractivity contribution in [3.8, 4) is 0 Å². The van der Waals surface area contributed by atoms with E-state index in [1.165, 1.54) is 12.1 Å². The molecule has 0 saturated heterocycles. The van der Waals surface area contributed by atoms with E-state index in [-0.39, 0.29) is 41.8 Å². The van der Waals surface area contributed by atoms with E-state index in [1.807, 2.05) is 33.8 Å². The van der Waals surface area contributed by atoms with Crippen molar-refractivity contribution in [1.29, 1.82) is 0 Å². The Balaban J connectivity index is 0.00000676. The van der Waals surface area contributed by atoms with Crippen LogP contribution in [0.25, 0.3) is 0 Å². The quantitative estimate of drug-likeness (QED) is 0.361. The first-order valence-corrected chi connectivity index (χ1v) is 8.74. The maximum absolute atomic E-state index is 13.2. The Morgan fingerprint density at radius 2 is 2.00 bits per heavy atom. The third kappa shape index (κ3) is 11.0. The van der Waals surface area contributed by atoms with Crippen LogP contribution in [0.2, 0.25) is 0 Å². The van der Waals surface area contributed by atoms with Crippen LogP contribution >= 0.6 is 24.0 Å². The van der Waals surface area contributed by atoms with Crippen molar-refractivity contribution in [3.63, 3.8) is 0 Å². The minimum absolute atomic E-state index is 0. The smallest absolute Gasteiger partial charge is 0.410 e. The van der Waals surface area contributed by atoms with Crippen LogP contribution in [0, 0.1) is 11.7 Å². The molecule has 1 aromatic carbocycles. The van der Waals surface area contributed by atoms with Crippen molar-refractivity contribution in [2.75, 3.05) is 27.2 Å². The van der Waals surface area contributed by atoms with Gasteiger partial charge in [-0.3, -0.25) is 4.99 Å². The second-order valence-corrected chi connectivity index (χ2v) is 7.40. The van der Waals surface area contributed by atoms with Gasteiger partial charge in [-0.15, -0.1) is 24.0 Å². The average molecular weight is 494 g/mol. The molecule has 1 rings (SSSR count). The molecule has 1 atom stereocenters. The van der Waals surface area contributed by atoms with Gasteiger partial charge in [0.1, 0.15) is 11.4 Å². The molecule has 1 unspecified atom stereocenters. The molecular formula is C19H32FIN4O2. The lowest BCUT2D eigenvalue weighted by atomic mass is 10.1. The van der Waals surface area contributed by atoms with Crippen LogP contribution in [0.3, 0.4) is 0 Å². The van der Waals surface area contributed by atoms with Crippen LogP contribution in [0.4, 0.5) is 9.18 Å². The number of hydrogen-bond donors (Lipinski definition) is 2. The lowest BCUT2D eigenvalue weighted by molar-refractivity contribution is 0.0278. The lowest BCUT2D eigenvalue weighted by Crippen LogP contribution is -2.42. The van der Waals surface area contributed by atoms with Crippen molar-refractivity contribution in [3.05, 3.63) is 35.6 Å². The largest absolute Gasteiger partial charge is 0.444 e. The topological polar surface area (TPSA) is 66.0 Å². The number of nitrogens with one attached hydrogen (secondary N) is 2. The lowest BCUT2D eigenvalue weighted by Gasteiger charge is -2.26. The predicted octanol–water partition coefficient (Wildman–Crippen LogP) is 3.61. The van der Waals surface area contributed by atoms with Crippen LogP contribution in [0.5, 0.6) is 0 Å². The maximum atomic E-state index is 13.2. The van der Waals surface area contributed by atoms with E-state index in [9.17, 15) is 9.18 Å². The Hall–Kier alpha value is -1.58. The zero-order chi connectivity index (χ0) is 19.7. The van der Waals surface area contributed by atoms with E-state index in [0.29, 0.717) is 25.6 Å². The number of rotatable bonds is 6. The molecule has 0 radical (unpaired) electrons. The molecule has 154 valence electrons. The van der Waals surface area contributed by atoms with Gasteiger partial charge in [-0.1, -0.05) is 19.1 Å². The molecule has 1 amide bonds. The molecule has 0 aliphatic carbocycles. The molecular weight excluding hydrogens is 462 g/mol. The monoisotopic (exact) mass is 494 g/mol. The van der Waals surface area contributed by atoms with Gasteiger partial charge < -0.3 is 20.3 Å². The molecule has 0 aliphatic heterocycles. The summed E-state index contributed by atoms with van der Waals surface area (Å²) in [6.45, 7) is 9.24.